The molecule has 0 radical (unpaired) electrons. The molecular formula is C12H12N4S. The Bertz CT molecular complexity index is 567. The van der Waals surface area contributed by atoms with Crippen molar-refractivity contribution in [1.82, 2.24) is 9.97 Å². The molecule has 0 aromatic carbocycles. The minimum Gasteiger partial charge on any atom is -0.352 e. The van der Waals surface area contributed by atoms with Gasteiger partial charge in [-0.1, -0.05) is 0 Å². The van der Waals surface area contributed by atoms with Crippen LogP contribution >= 0.6 is 11.3 Å². The molecule has 0 N–H and O–H groups in total. The van der Waals surface area contributed by atoms with Gasteiger partial charge in [-0.2, -0.15) is 5.26 Å². The molecule has 5 heteroatoms. The van der Waals surface area contributed by atoms with Crippen molar-refractivity contribution in [1.29, 1.82) is 5.26 Å². The molecule has 0 unspecified atom stereocenters. The summed E-state index contributed by atoms with van der Waals surface area (Å²) in [6, 6.07) is 4.85. The first kappa shape index (κ1) is 10.5. The predicted octanol–water partition coefficient (Wildman–Crippen LogP) is 2.57. The van der Waals surface area contributed by atoms with E-state index in [0.717, 1.165) is 22.6 Å². The molecule has 1 saturated carbocycles. The number of nitrogens with zero attached hydrogens (tertiary/aromatic N) is 4. The van der Waals surface area contributed by atoms with E-state index in [1.54, 1.807) is 17.7 Å². The lowest BCUT2D eigenvalue weighted by atomic mass is 10.3. The molecule has 2 aromatic heterocycles. The predicted molar refractivity (Wildman–Crippen MR) is 68.0 cm³/mol. The van der Waals surface area contributed by atoms with Crippen LogP contribution in [0.15, 0.2) is 17.8 Å². The van der Waals surface area contributed by atoms with E-state index in [0.29, 0.717) is 12.5 Å². The van der Waals surface area contributed by atoms with Crippen molar-refractivity contribution in [3.63, 3.8) is 0 Å². The summed E-state index contributed by atoms with van der Waals surface area (Å²) < 4.78 is 0. The number of anilines is 1. The smallest absolute Gasteiger partial charge is 0.141 e. The Morgan fingerprint density at radius 2 is 2.35 bits per heavy atom. The van der Waals surface area contributed by atoms with Crippen LogP contribution in [0.5, 0.6) is 0 Å². The first-order valence-electron chi connectivity index (χ1n) is 5.72. The summed E-state index contributed by atoms with van der Waals surface area (Å²) in [4.78, 5) is 12.0. The fourth-order valence-corrected chi connectivity index (χ4v) is 2.75. The number of hydrogen-bond acceptors (Lipinski definition) is 5. The van der Waals surface area contributed by atoms with Gasteiger partial charge >= 0.3 is 0 Å². The van der Waals surface area contributed by atoms with E-state index >= 15 is 0 Å². The zero-order valence-corrected chi connectivity index (χ0v) is 10.2. The Kier molecular flexibility index (Phi) is 2.65. The molecule has 3 rings (SSSR count). The lowest BCUT2D eigenvalue weighted by molar-refractivity contribution is 0.781. The fourth-order valence-electron chi connectivity index (χ4n) is 2.02. The van der Waals surface area contributed by atoms with E-state index in [9.17, 15) is 0 Å². The zero-order valence-electron chi connectivity index (χ0n) is 9.33. The summed E-state index contributed by atoms with van der Waals surface area (Å²) in [5.41, 5.74) is 0. The van der Waals surface area contributed by atoms with Gasteiger partial charge in [-0.15, -0.1) is 11.3 Å². The minimum atomic E-state index is 0.548. The molecule has 17 heavy (non-hydrogen) atoms. The van der Waals surface area contributed by atoms with Crippen molar-refractivity contribution >= 4 is 27.4 Å². The number of aromatic nitrogens is 2. The summed E-state index contributed by atoms with van der Waals surface area (Å²) >= 11 is 1.63. The Labute approximate surface area is 104 Å². The second-order valence-electron chi connectivity index (χ2n) is 4.17. The van der Waals surface area contributed by atoms with Crippen molar-refractivity contribution in [3.8, 4) is 6.07 Å². The number of fused-ring (bicyclic) bond motifs is 1. The second kappa shape index (κ2) is 4.30. The lowest BCUT2D eigenvalue weighted by Crippen LogP contribution is -2.27. The van der Waals surface area contributed by atoms with E-state index < -0.39 is 0 Å². The van der Waals surface area contributed by atoms with E-state index in [-0.39, 0.29) is 0 Å². The number of rotatable bonds is 4. The fraction of sp³-hybridized carbons (Fsp3) is 0.417. The van der Waals surface area contributed by atoms with Crippen LogP contribution in [0.4, 0.5) is 5.82 Å². The number of hydrogen-bond donors (Lipinski definition) is 0. The van der Waals surface area contributed by atoms with Crippen molar-refractivity contribution < 1.29 is 0 Å². The summed E-state index contributed by atoms with van der Waals surface area (Å²) in [6.45, 7) is 0.767. The highest BCUT2D eigenvalue weighted by atomic mass is 32.1. The largest absolute Gasteiger partial charge is 0.352 e. The maximum absolute atomic E-state index is 8.73. The molecule has 0 spiro atoms. The normalized spacial score (nSPS) is 14.8. The number of thiophene rings is 1. The van der Waals surface area contributed by atoms with Crippen LogP contribution < -0.4 is 4.90 Å². The highest BCUT2D eigenvalue weighted by Gasteiger charge is 2.30. The third kappa shape index (κ3) is 1.96. The van der Waals surface area contributed by atoms with E-state index in [2.05, 4.69) is 27.0 Å². The third-order valence-electron chi connectivity index (χ3n) is 2.96. The molecule has 0 atom stereocenters. The highest BCUT2D eigenvalue weighted by Crippen LogP contribution is 2.35. The van der Waals surface area contributed by atoms with Gasteiger partial charge in [-0.25, -0.2) is 9.97 Å². The van der Waals surface area contributed by atoms with Gasteiger partial charge in [0.05, 0.1) is 17.9 Å². The first-order valence-corrected chi connectivity index (χ1v) is 6.60. The molecule has 0 amide bonds. The van der Waals surface area contributed by atoms with Crippen LogP contribution in [-0.4, -0.2) is 22.6 Å². The van der Waals surface area contributed by atoms with Gasteiger partial charge in [-0.3, -0.25) is 0 Å². The molecule has 0 bridgehead atoms. The van der Waals surface area contributed by atoms with Gasteiger partial charge in [0, 0.05) is 12.6 Å². The minimum absolute atomic E-state index is 0.548. The number of nitriles is 1. The van der Waals surface area contributed by atoms with Crippen LogP contribution in [0.25, 0.3) is 10.2 Å². The maximum atomic E-state index is 8.73. The molecule has 2 aromatic rings. The summed E-state index contributed by atoms with van der Waals surface area (Å²) in [5, 5.41) is 11.9. The molecule has 2 heterocycles. The second-order valence-corrected chi connectivity index (χ2v) is 5.06. The summed E-state index contributed by atoms with van der Waals surface area (Å²) in [5.74, 6) is 0.994. The molecule has 86 valence electrons. The highest BCUT2D eigenvalue weighted by molar-refractivity contribution is 7.16. The summed E-state index contributed by atoms with van der Waals surface area (Å²) in [6.07, 6.45) is 4.59. The van der Waals surface area contributed by atoms with Gasteiger partial charge in [0.1, 0.15) is 17.0 Å². The van der Waals surface area contributed by atoms with Gasteiger partial charge in [-0.05, 0) is 24.3 Å². The lowest BCUT2D eigenvalue weighted by Gasteiger charge is -2.22. The first-order chi connectivity index (χ1) is 8.40. The zero-order chi connectivity index (χ0) is 11.7. The topological polar surface area (TPSA) is 52.8 Å². The monoisotopic (exact) mass is 244 g/mol. The van der Waals surface area contributed by atoms with Crippen LogP contribution in [0.3, 0.4) is 0 Å². The van der Waals surface area contributed by atoms with Gasteiger partial charge in [0.15, 0.2) is 0 Å². The van der Waals surface area contributed by atoms with Gasteiger partial charge in [0.2, 0.25) is 0 Å². The van der Waals surface area contributed by atoms with Crippen molar-refractivity contribution in [2.45, 2.75) is 25.3 Å². The van der Waals surface area contributed by atoms with E-state index in [4.69, 9.17) is 5.26 Å². The van der Waals surface area contributed by atoms with Gasteiger partial charge in [0.25, 0.3) is 0 Å². The average molecular weight is 244 g/mol. The third-order valence-corrected chi connectivity index (χ3v) is 3.79. The van der Waals surface area contributed by atoms with E-state index in [1.165, 1.54) is 12.8 Å². The van der Waals surface area contributed by atoms with Crippen LogP contribution in [0.1, 0.15) is 19.3 Å². The van der Waals surface area contributed by atoms with Crippen molar-refractivity contribution in [2.24, 2.45) is 0 Å². The molecule has 1 fully saturated rings. The van der Waals surface area contributed by atoms with Crippen molar-refractivity contribution in [2.75, 3.05) is 11.4 Å². The standard InChI is InChI=1S/C12H12N4S/c13-5-1-6-16(9-2-3-9)11-10-4-7-17-12(10)15-8-14-11/h4,7-9H,1-3,6H2. The van der Waals surface area contributed by atoms with Crippen LogP contribution in [0.2, 0.25) is 0 Å². The Morgan fingerprint density at radius 3 is 3.12 bits per heavy atom. The van der Waals surface area contributed by atoms with Crippen LogP contribution in [-0.2, 0) is 0 Å². The summed E-state index contributed by atoms with van der Waals surface area (Å²) in [7, 11) is 0. The molecule has 0 saturated heterocycles. The Balaban J connectivity index is 1.99. The quantitative estimate of drug-likeness (QED) is 0.829. The van der Waals surface area contributed by atoms with Crippen molar-refractivity contribution in [3.05, 3.63) is 17.8 Å². The van der Waals surface area contributed by atoms with E-state index in [1.807, 2.05) is 5.38 Å². The molecule has 0 aliphatic heterocycles. The molecule has 4 nitrogen and oxygen atoms in total. The average Bonchev–Trinajstić information content (AvgIpc) is 3.07. The maximum Gasteiger partial charge on any atom is 0.141 e. The molecule has 1 aliphatic rings. The Hall–Kier alpha value is -1.67. The molecule has 1 aliphatic carbocycles. The Morgan fingerprint density at radius 1 is 1.47 bits per heavy atom. The van der Waals surface area contributed by atoms with Gasteiger partial charge < -0.3 is 4.90 Å². The van der Waals surface area contributed by atoms with Crippen LogP contribution in [0, 0.1) is 11.3 Å². The SMILES string of the molecule is N#CCCN(c1ncnc2sccc12)C1CC1. The molecular weight excluding hydrogens is 232 g/mol.